The van der Waals surface area contributed by atoms with Crippen LogP contribution < -0.4 is 5.73 Å². The quantitative estimate of drug-likeness (QED) is 0.850. The Kier molecular flexibility index (Phi) is 3.65. The maximum absolute atomic E-state index is 11.5. The van der Waals surface area contributed by atoms with E-state index in [0.29, 0.717) is 0 Å². The number of hydrogen-bond acceptors (Lipinski definition) is 3. The van der Waals surface area contributed by atoms with Gasteiger partial charge >= 0.3 is 0 Å². The lowest BCUT2D eigenvalue weighted by Gasteiger charge is -1.98. The molecular formula is C9H8BrNO3S. The minimum absolute atomic E-state index is 0.114. The van der Waals surface area contributed by atoms with Crippen LogP contribution in [0, 0.1) is 0 Å². The Morgan fingerprint density at radius 2 is 1.80 bits per heavy atom. The Bertz CT molecular complexity index is 491. The summed E-state index contributed by atoms with van der Waals surface area (Å²) in [7, 11) is -3.57. The van der Waals surface area contributed by atoms with Crippen molar-refractivity contribution in [3.8, 4) is 0 Å². The maximum atomic E-state index is 11.5. The van der Waals surface area contributed by atoms with Crippen molar-refractivity contribution in [2.24, 2.45) is 5.73 Å². The third kappa shape index (κ3) is 3.49. The summed E-state index contributed by atoms with van der Waals surface area (Å²) in [4.78, 5) is 10.5. The van der Waals surface area contributed by atoms with Gasteiger partial charge in [-0.1, -0.05) is 15.9 Å². The largest absolute Gasteiger partial charge is 0.366 e. The highest BCUT2D eigenvalue weighted by molar-refractivity contribution is 9.10. The lowest BCUT2D eigenvalue weighted by atomic mass is 10.4. The number of rotatable bonds is 3. The molecular weight excluding hydrogens is 282 g/mol. The fraction of sp³-hybridized carbons (Fsp3) is 0. The monoisotopic (exact) mass is 289 g/mol. The number of primary amides is 1. The molecule has 0 atom stereocenters. The van der Waals surface area contributed by atoms with Gasteiger partial charge in [0.25, 0.3) is 0 Å². The molecule has 1 aromatic rings. The molecule has 4 nitrogen and oxygen atoms in total. The molecule has 0 aliphatic rings. The van der Waals surface area contributed by atoms with E-state index < -0.39 is 15.7 Å². The first kappa shape index (κ1) is 11.9. The molecule has 0 saturated heterocycles. The van der Waals surface area contributed by atoms with Gasteiger partial charge in [-0.15, -0.1) is 0 Å². The molecule has 0 spiro atoms. The Morgan fingerprint density at radius 3 is 2.27 bits per heavy atom. The van der Waals surface area contributed by atoms with E-state index >= 15 is 0 Å². The lowest BCUT2D eigenvalue weighted by molar-refractivity contribution is -0.113. The van der Waals surface area contributed by atoms with Crippen molar-refractivity contribution in [3.05, 3.63) is 40.2 Å². The Morgan fingerprint density at radius 1 is 1.27 bits per heavy atom. The molecule has 0 heterocycles. The summed E-state index contributed by atoms with van der Waals surface area (Å²) in [5, 5.41) is 0.790. The average Bonchev–Trinajstić information content (AvgIpc) is 2.16. The molecule has 0 bridgehead atoms. The second-order valence-electron chi connectivity index (χ2n) is 2.70. The first-order valence-corrected chi connectivity index (χ1v) is 6.24. The van der Waals surface area contributed by atoms with Crippen molar-refractivity contribution in [1.29, 1.82) is 0 Å². The molecule has 0 aromatic heterocycles. The summed E-state index contributed by atoms with van der Waals surface area (Å²) in [6.07, 6.45) is 0.817. The maximum Gasteiger partial charge on any atom is 0.242 e. The Balaban J connectivity index is 3.07. The van der Waals surface area contributed by atoms with E-state index in [9.17, 15) is 13.2 Å². The highest BCUT2D eigenvalue weighted by Crippen LogP contribution is 2.16. The molecule has 15 heavy (non-hydrogen) atoms. The highest BCUT2D eigenvalue weighted by atomic mass is 79.9. The molecule has 1 amide bonds. The molecule has 0 aliphatic carbocycles. The Hall–Kier alpha value is -1.14. The third-order valence-corrected chi connectivity index (χ3v) is 3.51. The van der Waals surface area contributed by atoms with Gasteiger partial charge in [0.2, 0.25) is 5.91 Å². The van der Waals surface area contributed by atoms with Gasteiger partial charge in [-0.05, 0) is 24.3 Å². The van der Waals surface area contributed by atoms with E-state index in [0.717, 1.165) is 16.0 Å². The molecule has 6 heteroatoms. The summed E-state index contributed by atoms with van der Waals surface area (Å²) in [6.45, 7) is 0. The van der Waals surface area contributed by atoms with Crippen LogP contribution >= 0.6 is 15.9 Å². The molecule has 0 saturated carbocycles. The second-order valence-corrected chi connectivity index (χ2v) is 5.45. The van der Waals surface area contributed by atoms with Crippen LogP contribution in [0.4, 0.5) is 0 Å². The predicted octanol–water partition coefficient (Wildman–Crippen LogP) is 1.22. The van der Waals surface area contributed by atoms with Crippen LogP contribution in [0.15, 0.2) is 45.1 Å². The normalized spacial score (nSPS) is 11.8. The van der Waals surface area contributed by atoms with Crippen LogP contribution in [0.25, 0.3) is 0 Å². The standard InChI is InChI=1S/C9H8BrNO3S/c10-7-1-3-8(4-2-7)15(13,14)6-5-9(11)12/h1-6H,(H2,11,12). The van der Waals surface area contributed by atoms with Gasteiger partial charge in [0, 0.05) is 16.0 Å². The van der Waals surface area contributed by atoms with E-state index in [1.165, 1.54) is 12.1 Å². The van der Waals surface area contributed by atoms with Gasteiger partial charge in [0.1, 0.15) is 0 Å². The third-order valence-electron chi connectivity index (χ3n) is 1.55. The van der Waals surface area contributed by atoms with Crippen molar-refractivity contribution in [1.82, 2.24) is 0 Å². The number of carbonyl (C=O) groups excluding carboxylic acids is 1. The van der Waals surface area contributed by atoms with Crippen LogP contribution in [0.5, 0.6) is 0 Å². The topological polar surface area (TPSA) is 77.2 Å². The first-order valence-electron chi connectivity index (χ1n) is 3.90. The van der Waals surface area contributed by atoms with E-state index in [1.54, 1.807) is 12.1 Å². The average molecular weight is 290 g/mol. The Labute approximate surface area is 95.8 Å². The number of amides is 1. The van der Waals surface area contributed by atoms with Gasteiger partial charge < -0.3 is 5.73 Å². The van der Waals surface area contributed by atoms with Crippen molar-refractivity contribution in [2.45, 2.75) is 4.90 Å². The predicted molar refractivity (Wildman–Crippen MR) is 59.7 cm³/mol. The first-order chi connectivity index (χ1) is 6.92. The second kappa shape index (κ2) is 4.59. The van der Waals surface area contributed by atoms with Crippen molar-refractivity contribution >= 4 is 31.7 Å². The molecule has 0 radical (unpaired) electrons. The molecule has 1 aromatic carbocycles. The lowest BCUT2D eigenvalue weighted by Crippen LogP contribution is -2.07. The SMILES string of the molecule is NC(=O)C=CS(=O)(=O)c1ccc(Br)cc1. The summed E-state index contributed by atoms with van der Waals surface area (Å²) in [6, 6.07) is 6.07. The number of nitrogens with two attached hydrogens (primary N) is 1. The molecule has 0 unspecified atom stereocenters. The van der Waals surface area contributed by atoms with Crippen molar-refractivity contribution < 1.29 is 13.2 Å². The van der Waals surface area contributed by atoms with Gasteiger partial charge in [-0.3, -0.25) is 4.79 Å². The minimum Gasteiger partial charge on any atom is -0.366 e. The van der Waals surface area contributed by atoms with Crippen LogP contribution in [0.1, 0.15) is 0 Å². The van der Waals surface area contributed by atoms with Crippen LogP contribution in [-0.2, 0) is 14.6 Å². The van der Waals surface area contributed by atoms with E-state index in [4.69, 9.17) is 5.73 Å². The summed E-state index contributed by atoms with van der Waals surface area (Å²) < 4.78 is 23.9. The van der Waals surface area contributed by atoms with E-state index in [2.05, 4.69) is 15.9 Å². The zero-order valence-electron chi connectivity index (χ0n) is 7.55. The summed E-state index contributed by atoms with van der Waals surface area (Å²) in [5.74, 6) is -0.796. The van der Waals surface area contributed by atoms with Crippen LogP contribution in [0.2, 0.25) is 0 Å². The number of benzene rings is 1. The van der Waals surface area contributed by atoms with Gasteiger partial charge in [0.05, 0.1) is 4.90 Å². The van der Waals surface area contributed by atoms with E-state index in [1.807, 2.05) is 0 Å². The van der Waals surface area contributed by atoms with Crippen molar-refractivity contribution in [3.63, 3.8) is 0 Å². The molecule has 0 fully saturated rings. The zero-order chi connectivity index (χ0) is 11.5. The highest BCUT2D eigenvalue weighted by Gasteiger charge is 2.09. The smallest absolute Gasteiger partial charge is 0.242 e. The molecule has 80 valence electrons. The molecule has 1 rings (SSSR count). The zero-order valence-corrected chi connectivity index (χ0v) is 9.95. The minimum atomic E-state index is -3.57. The fourth-order valence-electron chi connectivity index (χ4n) is 0.859. The molecule has 2 N–H and O–H groups in total. The van der Waals surface area contributed by atoms with E-state index in [-0.39, 0.29) is 4.90 Å². The fourth-order valence-corrected chi connectivity index (χ4v) is 2.11. The number of hydrogen-bond donors (Lipinski definition) is 1. The summed E-state index contributed by atoms with van der Waals surface area (Å²) in [5.41, 5.74) is 4.80. The van der Waals surface area contributed by atoms with Crippen LogP contribution in [-0.4, -0.2) is 14.3 Å². The van der Waals surface area contributed by atoms with Gasteiger partial charge in [0.15, 0.2) is 9.84 Å². The van der Waals surface area contributed by atoms with Crippen LogP contribution in [0.3, 0.4) is 0 Å². The number of sulfone groups is 1. The van der Waals surface area contributed by atoms with Crippen molar-refractivity contribution in [2.75, 3.05) is 0 Å². The van der Waals surface area contributed by atoms with Gasteiger partial charge in [-0.25, -0.2) is 8.42 Å². The summed E-state index contributed by atoms with van der Waals surface area (Å²) >= 11 is 3.19. The number of carbonyl (C=O) groups is 1. The van der Waals surface area contributed by atoms with Gasteiger partial charge in [-0.2, -0.15) is 0 Å². The molecule has 0 aliphatic heterocycles. The number of halogens is 1.